The van der Waals surface area contributed by atoms with Gasteiger partial charge in [-0.05, 0) is 104 Å². The second-order valence-corrected chi connectivity index (χ2v) is 14.4. The number of anilines is 4. The highest BCUT2D eigenvalue weighted by Crippen LogP contribution is 2.49. The zero-order valence-corrected chi connectivity index (χ0v) is 30.0. The zero-order valence-electron chi connectivity index (χ0n) is 30.0. The van der Waals surface area contributed by atoms with E-state index in [2.05, 4.69) is 219 Å². The summed E-state index contributed by atoms with van der Waals surface area (Å²) in [5, 5.41) is 7.54. The molecule has 0 aliphatic heterocycles. The Morgan fingerprint density at radius 1 is 0.302 bits per heavy atom. The van der Waals surface area contributed by atoms with Crippen molar-refractivity contribution in [3.63, 3.8) is 0 Å². The van der Waals surface area contributed by atoms with E-state index in [1.807, 2.05) is 0 Å². The first-order valence-corrected chi connectivity index (χ1v) is 18.3. The van der Waals surface area contributed by atoms with E-state index in [0.717, 1.165) is 45.0 Å². The molecule has 1 aliphatic rings. The van der Waals surface area contributed by atoms with E-state index < -0.39 is 0 Å². The Morgan fingerprint density at radius 3 is 1.32 bits per heavy atom. The van der Waals surface area contributed by atoms with Crippen LogP contribution in [-0.2, 0) is 5.41 Å². The first-order valence-electron chi connectivity index (χ1n) is 18.3. The molecule has 0 spiro atoms. The van der Waals surface area contributed by atoms with Crippen molar-refractivity contribution in [2.45, 2.75) is 19.3 Å². The van der Waals surface area contributed by atoms with Crippen molar-refractivity contribution in [2.75, 3.05) is 10.6 Å². The molecule has 0 amide bonds. The SMILES string of the molecule is CC1(C)c2ccccc2-c2ccc(Nc3ccc(-c4ccc(Nc5ccc(-c6ccccc6)cc5)c(-c5ccccc5)c4)cc3-c3ccccc3)cc21. The maximum atomic E-state index is 3.82. The van der Waals surface area contributed by atoms with Gasteiger partial charge in [-0.1, -0.05) is 159 Å². The van der Waals surface area contributed by atoms with Crippen LogP contribution < -0.4 is 10.6 Å². The van der Waals surface area contributed by atoms with E-state index in [9.17, 15) is 0 Å². The molecule has 9 rings (SSSR count). The minimum absolute atomic E-state index is 0.0567. The van der Waals surface area contributed by atoms with Gasteiger partial charge in [0, 0.05) is 39.3 Å². The van der Waals surface area contributed by atoms with Crippen LogP contribution in [0.3, 0.4) is 0 Å². The summed E-state index contributed by atoms with van der Waals surface area (Å²) in [7, 11) is 0. The van der Waals surface area contributed by atoms with Crippen LogP contribution in [0, 0.1) is 0 Å². The average Bonchev–Trinajstić information content (AvgIpc) is 3.45. The van der Waals surface area contributed by atoms with Crippen molar-refractivity contribution < 1.29 is 0 Å². The fraction of sp³-hybridized carbons (Fsp3) is 0.0588. The van der Waals surface area contributed by atoms with Crippen molar-refractivity contribution >= 4 is 22.7 Å². The molecule has 1 aliphatic carbocycles. The summed E-state index contributed by atoms with van der Waals surface area (Å²) >= 11 is 0. The Labute approximate surface area is 312 Å². The predicted octanol–water partition coefficient (Wildman–Crippen LogP) is 14.1. The summed E-state index contributed by atoms with van der Waals surface area (Å²) in [5.74, 6) is 0. The van der Waals surface area contributed by atoms with Crippen molar-refractivity contribution in [3.8, 4) is 55.6 Å². The number of rotatable bonds is 8. The molecule has 0 saturated heterocycles. The van der Waals surface area contributed by atoms with E-state index >= 15 is 0 Å². The normalized spacial score (nSPS) is 12.5. The van der Waals surface area contributed by atoms with E-state index in [-0.39, 0.29) is 5.41 Å². The molecule has 8 aromatic rings. The molecule has 0 atom stereocenters. The Kier molecular flexibility index (Phi) is 8.21. The summed E-state index contributed by atoms with van der Waals surface area (Å²) in [6.45, 7) is 4.66. The summed E-state index contributed by atoms with van der Waals surface area (Å²) in [6.07, 6.45) is 0. The lowest BCUT2D eigenvalue weighted by Gasteiger charge is -2.22. The van der Waals surface area contributed by atoms with Crippen LogP contribution in [0.25, 0.3) is 55.6 Å². The summed E-state index contributed by atoms with van der Waals surface area (Å²) in [4.78, 5) is 0. The Morgan fingerprint density at radius 2 is 0.736 bits per heavy atom. The standard InChI is InChI=1S/C51H40N2/c1-51(2)47-21-13-12-20-43(47)44-29-28-42(34-48(44)51)53-50-31-25-40(33-46(50)38-18-10-5-11-19-38)39-24-30-49(45(32-39)37-16-8-4-9-17-37)52-41-26-22-36(23-27-41)35-14-6-3-7-15-35/h3-34,52-53H,1-2H3. The van der Waals surface area contributed by atoms with E-state index in [4.69, 9.17) is 0 Å². The van der Waals surface area contributed by atoms with Crippen LogP contribution in [0.5, 0.6) is 0 Å². The van der Waals surface area contributed by atoms with Crippen LogP contribution >= 0.6 is 0 Å². The van der Waals surface area contributed by atoms with Crippen molar-refractivity contribution in [1.29, 1.82) is 0 Å². The number of hydrogen-bond donors (Lipinski definition) is 2. The largest absolute Gasteiger partial charge is 0.355 e. The molecule has 254 valence electrons. The summed E-state index contributed by atoms with van der Waals surface area (Å²) in [5.41, 5.74) is 19.0. The van der Waals surface area contributed by atoms with Crippen molar-refractivity contribution in [3.05, 3.63) is 205 Å². The second kappa shape index (κ2) is 13.5. The molecule has 0 saturated carbocycles. The van der Waals surface area contributed by atoms with Gasteiger partial charge in [0.1, 0.15) is 0 Å². The van der Waals surface area contributed by atoms with Gasteiger partial charge in [0.25, 0.3) is 0 Å². The van der Waals surface area contributed by atoms with E-state index in [1.54, 1.807) is 0 Å². The molecular formula is C51H40N2. The first-order chi connectivity index (χ1) is 26.0. The lowest BCUT2D eigenvalue weighted by Crippen LogP contribution is -2.15. The average molecular weight is 681 g/mol. The molecule has 53 heavy (non-hydrogen) atoms. The molecule has 0 unspecified atom stereocenters. The number of hydrogen-bond acceptors (Lipinski definition) is 2. The van der Waals surface area contributed by atoms with Gasteiger partial charge >= 0.3 is 0 Å². The first kappa shape index (κ1) is 32.3. The predicted molar refractivity (Wildman–Crippen MR) is 225 cm³/mol. The maximum absolute atomic E-state index is 3.82. The third kappa shape index (κ3) is 6.19. The van der Waals surface area contributed by atoms with E-state index in [0.29, 0.717) is 0 Å². The van der Waals surface area contributed by atoms with Gasteiger partial charge in [-0.2, -0.15) is 0 Å². The van der Waals surface area contributed by atoms with Crippen LogP contribution in [0.2, 0.25) is 0 Å². The molecule has 2 heteroatoms. The fourth-order valence-electron chi connectivity index (χ4n) is 7.85. The summed E-state index contributed by atoms with van der Waals surface area (Å²) in [6, 6.07) is 69.7. The van der Waals surface area contributed by atoms with Gasteiger partial charge in [-0.15, -0.1) is 0 Å². The molecule has 0 radical (unpaired) electrons. The van der Waals surface area contributed by atoms with Gasteiger partial charge in [0.05, 0.1) is 0 Å². The van der Waals surface area contributed by atoms with Gasteiger partial charge < -0.3 is 10.6 Å². The molecule has 0 heterocycles. The Hall–Kier alpha value is -6.64. The Balaban J connectivity index is 1.07. The molecule has 2 N–H and O–H groups in total. The van der Waals surface area contributed by atoms with Gasteiger partial charge in [0.2, 0.25) is 0 Å². The van der Waals surface area contributed by atoms with Gasteiger partial charge in [0.15, 0.2) is 0 Å². The lowest BCUT2D eigenvalue weighted by atomic mass is 9.82. The van der Waals surface area contributed by atoms with Crippen LogP contribution in [0.4, 0.5) is 22.7 Å². The summed E-state index contributed by atoms with van der Waals surface area (Å²) < 4.78 is 0. The minimum atomic E-state index is -0.0567. The highest BCUT2D eigenvalue weighted by atomic mass is 14.9. The molecular weight excluding hydrogens is 641 g/mol. The van der Waals surface area contributed by atoms with Gasteiger partial charge in [-0.25, -0.2) is 0 Å². The van der Waals surface area contributed by atoms with Crippen molar-refractivity contribution in [1.82, 2.24) is 0 Å². The molecule has 0 bridgehead atoms. The minimum Gasteiger partial charge on any atom is -0.355 e. The molecule has 2 nitrogen and oxygen atoms in total. The Bertz CT molecular complexity index is 2550. The van der Waals surface area contributed by atoms with Crippen LogP contribution in [0.1, 0.15) is 25.0 Å². The van der Waals surface area contributed by atoms with Crippen LogP contribution in [-0.4, -0.2) is 0 Å². The highest BCUT2D eigenvalue weighted by molar-refractivity contribution is 5.90. The third-order valence-corrected chi connectivity index (χ3v) is 10.7. The zero-order chi connectivity index (χ0) is 35.8. The van der Waals surface area contributed by atoms with Crippen LogP contribution in [0.15, 0.2) is 194 Å². The van der Waals surface area contributed by atoms with Gasteiger partial charge in [-0.3, -0.25) is 0 Å². The topological polar surface area (TPSA) is 24.1 Å². The highest BCUT2D eigenvalue weighted by Gasteiger charge is 2.35. The van der Waals surface area contributed by atoms with E-state index in [1.165, 1.54) is 44.5 Å². The maximum Gasteiger partial charge on any atom is 0.0464 e. The monoisotopic (exact) mass is 680 g/mol. The molecule has 0 fully saturated rings. The molecule has 8 aromatic carbocycles. The third-order valence-electron chi connectivity index (χ3n) is 10.7. The smallest absolute Gasteiger partial charge is 0.0464 e. The van der Waals surface area contributed by atoms with Crippen molar-refractivity contribution in [2.24, 2.45) is 0 Å². The second-order valence-electron chi connectivity index (χ2n) is 14.4. The lowest BCUT2D eigenvalue weighted by molar-refractivity contribution is 0.660. The number of fused-ring (bicyclic) bond motifs is 3. The quantitative estimate of drug-likeness (QED) is 0.167. The molecule has 0 aromatic heterocycles. The number of benzene rings is 8. The fourth-order valence-corrected chi connectivity index (χ4v) is 7.85. The number of nitrogens with one attached hydrogen (secondary N) is 2.